The molecule has 2 atom stereocenters. The molecule has 182 valence electrons. The van der Waals surface area contributed by atoms with Crippen LogP contribution in [0, 0.1) is 5.82 Å². The van der Waals surface area contributed by atoms with Crippen LogP contribution in [0.15, 0.2) is 29.3 Å². The Morgan fingerprint density at radius 1 is 1.18 bits per heavy atom. The summed E-state index contributed by atoms with van der Waals surface area (Å²) in [5, 5.41) is 12.3. The molecule has 3 heterocycles. The van der Waals surface area contributed by atoms with Gasteiger partial charge in [0.1, 0.15) is 23.6 Å². The van der Waals surface area contributed by atoms with E-state index in [9.17, 15) is 4.39 Å². The van der Waals surface area contributed by atoms with E-state index in [2.05, 4.69) is 38.8 Å². The average molecular weight is 570 g/mol. The maximum atomic E-state index is 13.3. The van der Waals surface area contributed by atoms with E-state index >= 15 is 0 Å². The second-order valence-corrected chi connectivity index (χ2v) is 8.73. The molecule has 0 radical (unpaired) electrons. The number of guanidine groups is 1. The van der Waals surface area contributed by atoms with Crippen molar-refractivity contribution < 1.29 is 9.13 Å². The Bertz CT molecular complexity index is 903. The molecule has 0 saturated carbocycles. The number of halogens is 2. The van der Waals surface area contributed by atoms with Crippen molar-refractivity contribution in [3.63, 3.8) is 0 Å². The smallest absolute Gasteiger partial charge is 0.194 e. The van der Waals surface area contributed by atoms with Crippen molar-refractivity contribution in [1.82, 2.24) is 25.0 Å². The molecular weight excluding hydrogens is 534 g/mol. The van der Waals surface area contributed by atoms with Crippen molar-refractivity contribution in [2.75, 3.05) is 26.2 Å². The van der Waals surface area contributed by atoms with Crippen molar-refractivity contribution in [3.05, 3.63) is 47.3 Å². The van der Waals surface area contributed by atoms with Gasteiger partial charge in [-0.25, -0.2) is 4.39 Å². The Kier molecular flexibility index (Phi) is 9.91. The molecule has 0 aliphatic carbocycles. The van der Waals surface area contributed by atoms with E-state index in [1.165, 1.54) is 31.4 Å². The summed E-state index contributed by atoms with van der Waals surface area (Å²) in [5.74, 6) is 2.92. The predicted molar refractivity (Wildman–Crippen MR) is 139 cm³/mol. The van der Waals surface area contributed by atoms with Crippen LogP contribution in [-0.4, -0.2) is 57.9 Å². The monoisotopic (exact) mass is 570 g/mol. The first-order valence-electron chi connectivity index (χ1n) is 12.0. The number of rotatable bonds is 6. The number of fused-ring (bicyclic) bond motifs is 1. The Balaban J connectivity index is 0.00000306. The van der Waals surface area contributed by atoms with Crippen LogP contribution in [-0.2, 0) is 24.1 Å². The molecule has 1 N–H and O–H groups in total. The standard InChI is InChI=1S/C24H35FN6O.HI/c1-3-26-24(27-14-7-9-23-29-28-22-8-5-4-6-15-31(22)23)30-16-18(2)32-21(17-30)19-10-12-20(25)13-11-19;/h10-13,18,21H,3-9,14-17H2,1-2H3,(H,26,27);1H. The molecule has 33 heavy (non-hydrogen) atoms. The van der Waals surface area contributed by atoms with E-state index in [0.717, 1.165) is 68.6 Å². The van der Waals surface area contributed by atoms with Crippen LogP contribution in [0.2, 0.25) is 0 Å². The van der Waals surface area contributed by atoms with Gasteiger partial charge in [0, 0.05) is 39.0 Å². The first kappa shape index (κ1) is 25.9. The lowest BCUT2D eigenvalue weighted by Gasteiger charge is -2.38. The summed E-state index contributed by atoms with van der Waals surface area (Å²) in [5.41, 5.74) is 0.992. The predicted octanol–water partition coefficient (Wildman–Crippen LogP) is 4.12. The molecule has 1 aromatic carbocycles. The van der Waals surface area contributed by atoms with Gasteiger partial charge in [0.15, 0.2) is 5.96 Å². The summed E-state index contributed by atoms with van der Waals surface area (Å²) in [7, 11) is 0. The summed E-state index contributed by atoms with van der Waals surface area (Å²) in [6.07, 6.45) is 6.54. The molecule has 9 heteroatoms. The summed E-state index contributed by atoms with van der Waals surface area (Å²) < 4.78 is 21.8. The van der Waals surface area contributed by atoms with Crippen LogP contribution < -0.4 is 5.32 Å². The minimum absolute atomic E-state index is 0. The first-order chi connectivity index (χ1) is 15.6. The van der Waals surface area contributed by atoms with Crippen molar-refractivity contribution in [2.45, 2.75) is 71.1 Å². The van der Waals surface area contributed by atoms with Gasteiger partial charge in [-0.1, -0.05) is 18.6 Å². The quantitative estimate of drug-likeness (QED) is 0.245. The lowest BCUT2D eigenvalue weighted by molar-refractivity contribution is -0.0605. The lowest BCUT2D eigenvalue weighted by Crippen LogP contribution is -2.50. The number of nitrogens with zero attached hydrogens (tertiary/aromatic N) is 5. The summed E-state index contributed by atoms with van der Waals surface area (Å²) in [6, 6.07) is 6.60. The first-order valence-corrected chi connectivity index (χ1v) is 12.0. The van der Waals surface area contributed by atoms with Gasteiger partial charge in [0.05, 0.1) is 12.6 Å². The number of aryl methyl sites for hydroxylation is 2. The van der Waals surface area contributed by atoms with Crippen LogP contribution in [0.5, 0.6) is 0 Å². The molecule has 2 aromatic rings. The number of morpholine rings is 1. The molecular formula is C24H36FIN6O. The number of hydrogen-bond donors (Lipinski definition) is 1. The highest BCUT2D eigenvalue weighted by atomic mass is 127. The molecule has 7 nitrogen and oxygen atoms in total. The minimum Gasteiger partial charge on any atom is -0.367 e. The molecule has 1 aromatic heterocycles. The van der Waals surface area contributed by atoms with E-state index < -0.39 is 0 Å². The summed E-state index contributed by atoms with van der Waals surface area (Å²) in [4.78, 5) is 7.16. The number of nitrogens with one attached hydrogen (secondary N) is 1. The van der Waals surface area contributed by atoms with Crippen LogP contribution >= 0.6 is 24.0 Å². The Morgan fingerprint density at radius 2 is 2.00 bits per heavy atom. The van der Waals surface area contributed by atoms with Crippen LogP contribution in [0.3, 0.4) is 0 Å². The van der Waals surface area contributed by atoms with Gasteiger partial charge in [-0.3, -0.25) is 4.99 Å². The Morgan fingerprint density at radius 3 is 2.79 bits per heavy atom. The van der Waals surface area contributed by atoms with Crippen LogP contribution in [0.1, 0.15) is 62.8 Å². The third-order valence-electron chi connectivity index (χ3n) is 6.14. The molecule has 1 fully saturated rings. The third-order valence-corrected chi connectivity index (χ3v) is 6.14. The minimum atomic E-state index is -0.228. The molecule has 0 bridgehead atoms. The summed E-state index contributed by atoms with van der Waals surface area (Å²) in [6.45, 7) is 8.22. The highest BCUT2D eigenvalue weighted by Gasteiger charge is 2.28. The fraction of sp³-hybridized carbons (Fsp3) is 0.625. The number of aromatic nitrogens is 3. The average Bonchev–Trinajstić information content (AvgIpc) is 3.01. The number of aliphatic imine (C=N–C) groups is 1. The van der Waals surface area contributed by atoms with Crippen LogP contribution in [0.25, 0.3) is 0 Å². The summed E-state index contributed by atoms with van der Waals surface area (Å²) >= 11 is 0. The van der Waals surface area contributed by atoms with Gasteiger partial charge < -0.3 is 19.5 Å². The zero-order valence-electron chi connectivity index (χ0n) is 19.7. The van der Waals surface area contributed by atoms with Crippen molar-refractivity contribution in [3.8, 4) is 0 Å². The van der Waals surface area contributed by atoms with Crippen molar-refractivity contribution in [2.24, 2.45) is 4.99 Å². The molecule has 4 rings (SSSR count). The second kappa shape index (κ2) is 12.6. The Hall–Kier alpha value is -1.75. The molecule has 2 aliphatic heterocycles. The number of benzene rings is 1. The van der Waals surface area contributed by atoms with Crippen molar-refractivity contribution >= 4 is 29.9 Å². The topological polar surface area (TPSA) is 67.6 Å². The second-order valence-electron chi connectivity index (χ2n) is 8.73. The highest BCUT2D eigenvalue weighted by Crippen LogP contribution is 2.25. The zero-order chi connectivity index (χ0) is 22.3. The molecule has 0 spiro atoms. The van der Waals surface area contributed by atoms with E-state index in [0.29, 0.717) is 6.54 Å². The zero-order valence-corrected chi connectivity index (χ0v) is 22.0. The van der Waals surface area contributed by atoms with Gasteiger partial charge in [0.2, 0.25) is 0 Å². The third kappa shape index (κ3) is 6.88. The molecule has 2 aliphatic rings. The van der Waals surface area contributed by atoms with Crippen LogP contribution in [0.4, 0.5) is 4.39 Å². The largest absolute Gasteiger partial charge is 0.367 e. The van der Waals surface area contributed by atoms with Gasteiger partial charge >= 0.3 is 0 Å². The van der Waals surface area contributed by atoms with Gasteiger partial charge in [-0.2, -0.15) is 0 Å². The number of hydrogen-bond acceptors (Lipinski definition) is 4. The maximum Gasteiger partial charge on any atom is 0.194 e. The normalized spacial score (nSPS) is 21.2. The fourth-order valence-corrected chi connectivity index (χ4v) is 4.56. The molecule has 0 amide bonds. The van der Waals surface area contributed by atoms with Gasteiger partial charge in [0.25, 0.3) is 0 Å². The highest BCUT2D eigenvalue weighted by molar-refractivity contribution is 14.0. The Labute approximate surface area is 213 Å². The van der Waals surface area contributed by atoms with E-state index in [4.69, 9.17) is 9.73 Å². The molecule has 2 unspecified atom stereocenters. The SMILES string of the molecule is CCNC(=NCCCc1nnc2n1CCCCC2)N1CC(C)OC(c2ccc(F)cc2)C1.I. The fourth-order valence-electron chi connectivity index (χ4n) is 4.56. The van der Waals surface area contributed by atoms with E-state index in [-0.39, 0.29) is 42.0 Å². The van der Waals surface area contributed by atoms with E-state index in [1.807, 2.05) is 12.1 Å². The van der Waals surface area contributed by atoms with E-state index in [1.54, 1.807) is 0 Å². The number of ether oxygens (including phenoxy) is 1. The van der Waals surface area contributed by atoms with Gasteiger partial charge in [-0.05, 0) is 50.8 Å². The molecule has 1 saturated heterocycles. The van der Waals surface area contributed by atoms with Crippen molar-refractivity contribution in [1.29, 1.82) is 0 Å². The lowest BCUT2D eigenvalue weighted by atomic mass is 10.1. The van der Waals surface area contributed by atoms with Gasteiger partial charge in [-0.15, -0.1) is 34.2 Å². The maximum absolute atomic E-state index is 13.3.